The maximum Gasteiger partial charge on any atom is 0.0934 e. The van der Waals surface area contributed by atoms with Crippen LogP contribution in [0.2, 0.25) is 0 Å². The second kappa shape index (κ2) is 3.21. The number of rotatable bonds is 1. The molecule has 0 saturated carbocycles. The van der Waals surface area contributed by atoms with Crippen LogP contribution in [0.15, 0.2) is 23.6 Å². The molecule has 4 heteroatoms. The first-order chi connectivity index (χ1) is 6.31. The van der Waals surface area contributed by atoms with Crippen molar-refractivity contribution in [3.63, 3.8) is 0 Å². The van der Waals surface area contributed by atoms with Crippen LogP contribution in [-0.4, -0.2) is 0 Å². The number of nitriles is 1. The molecule has 64 valence electrons. The average Bonchev–Trinajstić information content (AvgIpc) is 2.61. The fraction of sp³-hybridized carbons (Fsp3) is 0. The van der Waals surface area contributed by atoms with Gasteiger partial charge >= 0.3 is 0 Å². The summed E-state index contributed by atoms with van der Waals surface area (Å²) in [5, 5.41) is 10.5. The van der Waals surface area contributed by atoms with Crippen LogP contribution in [-0.2, 0) is 0 Å². The Hall–Kier alpha value is -1.31. The molecule has 0 bridgehead atoms. The van der Waals surface area contributed by atoms with Crippen molar-refractivity contribution < 1.29 is 0 Å². The standard InChI is InChI=1S/C9H6N2S2/c10-3-1-6(11)8-5-9-7(13-8)2-4-12-9/h1-2,4-5H,11H2/b6-1+. The largest absolute Gasteiger partial charge is 0.397 e. The van der Waals surface area contributed by atoms with Gasteiger partial charge in [0, 0.05) is 15.5 Å². The van der Waals surface area contributed by atoms with Gasteiger partial charge in [-0.2, -0.15) is 5.26 Å². The van der Waals surface area contributed by atoms with E-state index in [4.69, 9.17) is 11.0 Å². The Balaban J connectivity index is 2.52. The first kappa shape index (κ1) is 8.30. The molecule has 13 heavy (non-hydrogen) atoms. The Morgan fingerprint density at radius 2 is 2.38 bits per heavy atom. The zero-order valence-electron chi connectivity index (χ0n) is 6.65. The normalized spacial score (nSPS) is 11.8. The van der Waals surface area contributed by atoms with Gasteiger partial charge in [0.1, 0.15) is 0 Å². The Morgan fingerprint density at radius 3 is 3.08 bits per heavy atom. The lowest BCUT2D eigenvalue weighted by Crippen LogP contribution is -1.91. The lowest BCUT2D eigenvalue weighted by atomic mass is 10.3. The van der Waals surface area contributed by atoms with Crippen LogP contribution >= 0.6 is 22.7 Å². The van der Waals surface area contributed by atoms with Crippen molar-refractivity contribution in [1.29, 1.82) is 5.26 Å². The number of thiophene rings is 2. The third-order valence-electron chi connectivity index (χ3n) is 1.64. The van der Waals surface area contributed by atoms with Crippen LogP contribution in [0.4, 0.5) is 0 Å². The van der Waals surface area contributed by atoms with Gasteiger partial charge < -0.3 is 5.73 Å². The number of nitrogens with zero attached hydrogens (tertiary/aromatic N) is 1. The maximum atomic E-state index is 8.42. The molecular weight excluding hydrogens is 200 g/mol. The van der Waals surface area contributed by atoms with Gasteiger partial charge in [-0.3, -0.25) is 0 Å². The van der Waals surface area contributed by atoms with Crippen molar-refractivity contribution in [1.82, 2.24) is 0 Å². The van der Waals surface area contributed by atoms with Crippen LogP contribution in [0, 0.1) is 11.3 Å². The molecule has 2 aromatic heterocycles. The van der Waals surface area contributed by atoms with E-state index in [0.29, 0.717) is 5.70 Å². The van der Waals surface area contributed by atoms with Gasteiger partial charge in [-0.1, -0.05) is 0 Å². The van der Waals surface area contributed by atoms with Crippen LogP contribution in [0.1, 0.15) is 4.88 Å². The molecule has 0 aliphatic heterocycles. The molecule has 2 nitrogen and oxygen atoms in total. The highest BCUT2D eigenvalue weighted by molar-refractivity contribution is 7.27. The van der Waals surface area contributed by atoms with Crippen molar-refractivity contribution in [3.05, 3.63) is 28.5 Å². The van der Waals surface area contributed by atoms with Gasteiger partial charge in [0.15, 0.2) is 0 Å². The van der Waals surface area contributed by atoms with Crippen LogP contribution < -0.4 is 5.73 Å². The third kappa shape index (κ3) is 1.44. The van der Waals surface area contributed by atoms with E-state index in [2.05, 4.69) is 11.4 Å². The van der Waals surface area contributed by atoms with E-state index in [-0.39, 0.29) is 0 Å². The molecule has 2 rings (SSSR count). The summed E-state index contributed by atoms with van der Waals surface area (Å²) in [6, 6.07) is 6.01. The third-order valence-corrected chi connectivity index (χ3v) is 3.79. The summed E-state index contributed by atoms with van der Waals surface area (Å²) in [4.78, 5) is 0.975. The summed E-state index contributed by atoms with van der Waals surface area (Å²) in [6.07, 6.45) is 1.37. The van der Waals surface area contributed by atoms with E-state index < -0.39 is 0 Å². The zero-order valence-corrected chi connectivity index (χ0v) is 8.28. The van der Waals surface area contributed by atoms with Gasteiger partial charge in [0.05, 0.1) is 16.6 Å². The van der Waals surface area contributed by atoms with Crippen molar-refractivity contribution in [2.24, 2.45) is 5.73 Å². The summed E-state index contributed by atoms with van der Waals surface area (Å²) < 4.78 is 2.46. The Kier molecular flexibility index (Phi) is 2.05. The second-order valence-corrected chi connectivity index (χ2v) is 4.52. The fourth-order valence-electron chi connectivity index (χ4n) is 1.05. The molecule has 0 spiro atoms. The van der Waals surface area contributed by atoms with Gasteiger partial charge in [-0.05, 0) is 17.5 Å². The number of allylic oxidation sites excluding steroid dienone is 1. The van der Waals surface area contributed by atoms with Crippen molar-refractivity contribution >= 4 is 37.8 Å². The van der Waals surface area contributed by atoms with Crippen molar-refractivity contribution in [2.45, 2.75) is 0 Å². The summed E-state index contributed by atoms with van der Waals surface area (Å²) in [5.41, 5.74) is 6.23. The number of fused-ring (bicyclic) bond motifs is 1. The molecule has 2 heterocycles. The lowest BCUT2D eigenvalue weighted by Gasteiger charge is -1.90. The number of nitrogens with two attached hydrogens (primary N) is 1. The smallest absolute Gasteiger partial charge is 0.0934 e. The monoisotopic (exact) mass is 206 g/mol. The number of hydrogen-bond donors (Lipinski definition) is 1. The van der Waals surface area contributed by atoms with Gasteiger partial charge in [0.25, 0.3) is 0 Å². The molecule has 0 aliphatic rings. The van der Waals surface area contributed by atoms with E-state index in [9.17, 15) is 0 Å². The van der Waals surface area contributed by atoms with Crippen molar-refractivity contribution in [3.8, 4) is 6.07 Å². The summed E-state index contributed by atoms with van der Waals surface area (Å²) >= 11 is 3.31. The SMILES string of the molecule is N#C/C=C(/N)c1cc2sccc2s1. The Bertz CT molecular complexity index is 470. The highest BCUT2D eigenvalue weighted by Gasteiger charge is 2.03. The predicted molar refractivity (Wildman–Crippen MR) is 57.5 cm³/mol. The minimum Gasteiger partial charge on any atom is -0.397 e. The zero-order chi connectivity index (χ0) is 9.26. The highest BCUT2D eigenvalue weighted by Crippen LogP contribution is 2.32. The molecule has 0 fully saturated rings. The summed E-state index contributed by atoms with van der Waals surface area (Å²) in [5.74, 6) is 0. The van der Waals surface area contributed by atoms with Gasteiger partial charge in [-0.25, -0.2) is 0 Å². The van der Waals surface area contributed by atoms with E-state index >= 15 is 0 Å². The topological polar surface area (TPSA) is 49.8 Å². The predicted octanol–water partition coefficient (Wildman–Crippen LogP) is 2.79. The molecule has 0 aliphatic carbocycles. The highest BCUT2D eigenvalue weighted by atomic mass is 32.1. The minimum absolute atomic E-state index is 0.552. The molecule has 0 aromatic carbocycles. The van der Waals surface area contributed by atoms with Gasteiger partial charge in [0.2, 0.25) is 0 Å². The fourth-order valence-corrected chi connectivity index (χ4v) is 3.09. The summed E-state index contributed by atoms with van der Waals surface area (Å²) in [7, 11) is 0. The Morgan fingerprint density at radius 1 is 1.54 bits per heavy atom. The van der Waals surface area contributed by atoms with E-state index in [1.165, 1.54) is 15.5 Å². The van der Waals surface area contributed by atoms with E-state index in [1.54, 1.807) is 22.7 Å². The minimum atomic E-state index is 0.552. The second-order valence-electron chi connectivity index (χ2n) is 2.49. The Labute approximate surface area is 83.5 Å². The molecule has 0 atom stereocenters. The lowest BCUT2D eigenvalue weighted by molar-refractivity contribution is 1.52. The molecule has 0 radical (unpaired) electrons. The summed E-state index contributed by atoms with van der Waals surface area (Å²) in [6.45, 7) is 0. The van der Waals surface area contributed by atoms with Crippen molar-refractivity contribution in [2.75, 3.05) is 0 Å². The maximum absolute atomic E-state index is 8.42. The van der Waals surface area contributed by atoms with Crippen LogP contribution in [0.3, 0.4) is 0 Å². The first-order valence-corrected chi connectivity index (χ1v) is 5.33. The van der Waals surface area contributed by atoms with Gasteiger partial charge in [-0.15, -0.1) is 22.7 Å². The average molecular weight is 206 g/mol. The molecular formula is C9H6N2S2. The number of hydrogen-bond acceptors (Lipinski definition) is 4. The molecule has 0 amide bonds. The van der Waals surface area contributed by atoms with Crippen LogP contribution in [0.25, 0.3) is 15.1 Å². The quantitative estimate of drug-likeness (QED) is 0.729. The first-order valence-electron chi connectivity index (χ1n) is 3.64. The van der Waals surface area contributed by atoms with E-state index in [1.807, 2.05) is 12.1 Å². The van der Waals surface area contributed by atoms with E-state index in [0.717, 1.165) is 4.88 Å². The molecule has 2 N–H and O–H groups in total. The molecule has 0 unspecified atom stereocenters. The molecule has 0 saturated heterocycles. The van der Waals surface area contributed by atoms with Crippen LogP contribution in [0.5, 0.6) is 0 Å². The molecule has 2 aromatic rings.